The Balaban J connectivity index is 1.84. The molecule has 3 heterocycles. The topological polar surface area (TPSA) is 90.4 Å². The molecule has 200 valence electrons. The first-order valence-electron chi connectivity index (χ1n) is 12.8. The number of likely N-dealkylation sites (tertiary alicyclic amines) is 1. The second-order valence-electron chi connectivity index (χ2n) is 10.5. The van der Waals surface area contributed by atoms with Crippen LogP contribution in [0.4, 0.5) is 5.69 Å². The summed E-state index contributed by atoms with van der Waals surface area (Å²) in [6.45, 7) is 11.5. The molecule has 1 N–H and O–H groups in total. The van der Waals surface area contributed by atoms with Gasteiger partial charge in [0.15, 0.2) is 0 Å². The van der Waals surface area contributed by atoms with Crippen LogP contribution in [-0.2, 0) is 19.1 Å². The van der Waals surface area contributed by atoms with Crippen molar-refractivity contribution >= 4 is 35.0 Å². The van der Waals surface area contributed by atoms with Crippen LogP contribution in [0, 0.1) is 17.8 Å². The molecule has 1 aromatic carbocycles. The highest BCUT2D eigenvalue weighted by atomic mass is 35.5. The van der Waals surface area contributed by atoms with E-state index in [1.807, 2.05) is 13.8 Å². The number of hydrogen-bond donors (Lipinski definition) is 1. The molecule has 3 saturated heterocycles. The summed E-state index contributed by atoms with van der Waals surface area (Å²) in [6, 6.07) is 5.37. The van der Waals surface area contributed by atoms with E-state index in [0.29, 0.717) is 30.1 Å². The van der Waals surface area contributed by atoms with E-state index in [4.69, 9.17) is 16.3 Å². The van der Waals surface area contributed by atoms with Gasteiger partial charge in [0, 0.05) is 20.1 Å². The summed E-state index contributed by atoms with van der Waals surface area (Å²) >= 11 is 6.49. The van der Waals surface area contributed by atoms with Gasteiger partial charge >= 0.3 is 0 Å². The predicted octanol–water partition coefficient (Wildman–Crippen LogP) is 2.89. The summed E-state index contributed by atoms with van der Waals surface area (Å²) in [7, 11) is 1.68. The first-order chi connectivity index (χ1) is 17.6. The Labute approximate surface area is 223 Å². The van der Waals surface area contributed by atoms with Crippen molar-refractivity contribution in [1.82, 2.24) is 9.80 Å². The van der Waals surface area contributed by atoms with Crippen molar-refractivity contribution in [2.24, 2.45) is 17.8 Å². The van der Waals surface area contributed by atoms with E-state index in [1.54, 1.807) is 48.4 Å². The van der Waals surface area contributed by atoms with Gasteiger partial charge in [-0.2, -0.15) is 0 Å². The molecule has 0 aliphatic carbocycles. The zero-order valence-corrected chi connectivity index (χ0v) is 22.4. The zero-order chi connectivity index (χ0) is 27.1. The summed E-state index contributed by atoms with van der Waals surface area (Å²) in [5, 5.41) is 10.7. The number of aliphatic hydroxyl groups is 1. The number of halogens is 1. The van der Waals surface area contributed by atoms with Crippen molar-refractivity contribution in [2.75, 3.05) is 31.6 Å². The van der Waals surface area contributed by atoms with Crippen LogP contribution in [0.5, 0.6) is 0 Å². The molecule has 3 fully saturated rings. The van der Waals surface area contributed by atoms with Crippen LogP contribution in [0.2, 0.25) is 5.02 Å². The number of carbonyl (C=O) groups is 3. The number of para-hydroxylation sites is 1. The maximum absolute atomic E-state index is 14.5. The summed E-state index contributed by atoms with van der Waals surface area (Å²) in [6.07, 6.45) is 3.82. The number of carbonyl (C=O) groups excluding carboxylic acids is 3. The van der Waals surface area contributed by atoms with E-state index >= 15 is 0 Å². The molecule has 9 heteroatoms. The highest BCUT2D eigenvalue weighted by molar-refractivity contribution is 6.34. The number of likely N-dealkylation sites (N-methyl/N-ethyl adjacent to an activating group) is 1. The van der Waals surface area contributed by atoms with Gasteiger partial charge < -0.3 is 24.5 Å². The van der Waals surface area contributed by atoms with Crippen molar-refractivity contribution in [3.63, 3.8) is 0 Å². The van der Waals surface area contributed by atoms with Crippen molar-refractivity contribution in [3.8, 4) is 0 Å². The first-order valence-corrected chi connectivity index (χ1v) is 13.2. The molecule has 0 saturated carbocycles. The standard InChI is InChI=1S/C28H36ClN3O5/c1-6-14-30(5)25(34)22-21-12-13-28(37-21)23(22)26(35)32(20(16-33)17(3)4)24(28)27(36)31(15-7-2)19-11-9-8-10-18(19)29/h6-11,17,20-24,33H,1-2,12-16H2,3-5H3/t20-,21-,22+,23-,24?,28?/m0/s1. The average Bonchev–Trinajstić information content (AvgIpc) is 3.50. The van der Waals surface area contributed by atoms with Gasteiger partial charge in [0.1, 0.15) is 11.6 Å². The van der Waals surface area contributed by atoms with Crippen LogP contribution < -0.4 is 4.90 Å². The number of aliphatic hydroxyl groups excluding tert-OH is 1. The molecule has 3 aliphatic heterocycles. The van der Waals surface area contributed by atoms with Gasteiger partial charge in [-0.25, -0.2) is 0 Å². The summed E-state index contributed by atoms with van der Waals surface area (Å²) in [5.74, 6) is -2.54. The average molecular weight is 530 g/mol. The highest BCUT2D eigenvalue weighted by Crippen LogP contribution is 2.59. The monoisotopic (exact) mass is 529 g/mol. The third-order valence-electron chi connectivity index (χ3n) is 8.07. The van der Waals surface area contributed by atoms with Gasteiger partial charge in [0.25, 0.3) is 5.91 Å². The minimum atomic E-state index is -1.17. The number of rotatable bonds is 10. The largest absolute Gasteiger partial charge is 0.394 e. The van der Waals surface area contributed by atoms with Crippen molar-refractivity contribution in [1.29, 1.82) is 0 Å². The van der Waals surface area contributed by atoms with Gasteiger partial charge in [0.05, 0.1) is 41.3 Å². The van der Waals surface area contributed by atoms with Gasteiger partial charge in [-0.15, -0.1) is 13.2 Å². The number of amides is 3. The maximum atomic E-state index is 14.5. The molecule has 1 aromatic rings. The summed E-state index contributed by atoms with van der Waals surface area (Å²) in [4.78, 5) is 46.8. The highest BCUT2D eigenvalue weighted by Gasteiger charge is 2.75. The number of benzene rings is 1. The Morgan fingerprint density at radius 1 is 1.24 bits per heavy atom. The lowest BCUT2D eigenvalue weighted by molar-refractivity contribution is -0.147. The molecule has 4 rings (SSSR count). The van der Waals surface area contributed by atoms with E-state index in [2.05, 4.69) is 13.2 Å². The number of fused-ring (bicyclic) bond motifs is 1. The molecule has 6 atom stereocenters. The Kier molecular flexibility index (Phi) is 7.83. The molecule has 0 aromatic heterocycles. The maximum Gasteiger partial charge on any atom is 0.253 e. The molecule has 0 radical (unpaired) electrons. The minimum Gasteiger partial charge on any atom is -0.394 e. The Morgan fingerprint density at radius 3 is 2.51 bits per heavy atom. The number of nitrogens with zero attached hydrogens (tertiary/aromatic N) is 3. The normalized spacial score (nSPS) is 28.8. The van der Waals surface area contributed by atoms with E-state index in [1.165, 1.54) is 9.80 Å². The quantitative estimate of drug-likeness (QED) is 0.471. The van der Waals surface area contributed by atoms with Gasteiger partial charge in [-0.3, -0.25) is 14.4 Å². The van der Waals surface area contributed by atoms with Crippen LogP contribution in [0.3, 0.4) is 0 Å². The van der Waals surface area contributed by atoms with Crippen LogP contribution >= 0.6 is 11.6 Å². The van der Waals surface area contributed by atoms with Crippen LogP contribution in [0.1, 0.15) is 26.7 Å². The summed E-state index contributed by atoms with van der Waals surface area (Å²) in [5.41, 5.74) is -0.672. The third-order valence-corrected chi connectivity index (χ3v) is 8.39. The molecule has 1 spiro atoms. The SMILES string of the molecule is C=CCN(C)C(=O)[C@@H]1[C@@H]2CCC3(O2)C(C(=O)N(CC=C)c2ccccc2Cl)N([C@@H](CO)C(C)C)C(=O)[C@H]13. The van der Waals surface area contributed by atoms with Crippen molar-refractivity contribution in [3.05, 3.63) is 54.6 Å². The smallest absolute Gasteiger partial charge is 0.253 e. The molecule has 2 bridgehead atoms. The summed E-state index contributed by atoms with van der Waals surface area (Å²) < 4.78 is 6.53. The fourth-order valence-corrected chi connectivity index (χ4v) is 6.66. The van der Waals surface area contributed by atoms with E-state index in [0.717, 1.165) is 0 Å². The molecule has 2 unspecified atom stereocenters. The zero-order valence-electron chi connectivity index (χ0n) is 21.7. The fraction of sp³-hybridized carbons (Fsp3) is 0.536. The van der Waals surface area contributed by atoms with Crippen LogP contribution in [0.25, 0.3) is 0 Å². The first kappa shape index (κ1) is 27.4. The van der Waals surface area contributed by atoms with E-state index in [-0.39, 0.29) is 36.8 Å². The molecule has 3 amide bonds. The van der Waals surface area contributed by atoms with Gasteiger partial charge in [-0.1, -0.05) is 49.7 Å². The van der Waals surface area contributed by atoms with Gasteiger partial charge in [-0.05, 0) is 30.9 Å². The van der Waals surface area contributed by atoms with Crippen molar-refractivity contribution < 1.29 is 24.2 Å². The second kappa shape index (κ2) is 10.6. The molecule has 3 aliphatic rings. The Bertz CT molecular complexity index is 1090. The molecular formula is C28H36ClN3O5. The lowest BCUT2D eigenvalue weighted by Crippen LogP contribution is -2.59. The Hall–Kier alpha value is -2.68. The molecule has 37 heavy (non-hydrogen) atoms. The number of anilines is 1. The van der Waals surface area contributed by atoms with E-state index in [9.17, 15) is 19.5 Å². The third kappa shape index (κ3) is 4.29. The fourth-order valence-electron chi connectivity index (χ4n) is 6.42. The lowest BCUT2D eigenvalue weighted by atomic mass is 9.70. The van der Waals surface area contributed by atoms with E-state index < -0.39 is 35.6 Å². The number of hydrogen-bond acceptors (Lipinski definition) is 5. The lowest BCUT2D eigenvalue weighted by Gasteiger charge is -2.40. The second-order valence-corrected chi connectivity index (χ2v) is 10.9. The predicted molar refractivity (Wildman–Crippen MR) is 142 cm³/mol. The van der Waals surface area contributed by atoms with Crippen molar-refractivity contribution in [2.45, 2.75) is 50.5 Å². The van der Waals surface area contributed by atoms with Crippen LogP contribution in [-0.4, -0.2) is 83.2 Å². The van der Waals surface area contributed by atoms with Gasteiger partial charge in [0.2, 0.25) is 11.8 Å². The minimum absolute atomic E-state index is 0.137. The molecule has 8 nitrogen and oxygen atoms in total. The molecular weight excluding hydrogens is 494 g/mol. The number of ether oxygens (including phenoxy) is 1. The Morgan fingerprint density at radius 2 is 1.92 bits per heavy atom. The van der Waals surface area contributed by atoms with Crippen LogP contribution in [0.15, 0.2) is 49.6 Å².